The van der Waals surface area contributed by atoms with Crippen molar-refractivity contribution in [2.45, 2.75) is 63.6 Å². The van der Waals surface area contributed by atoms with Crippen LogP contribution < -0.4 is 10.1 Å². The average Bonchev–Trinajstić information content (AvgIpc) is 3.24. The van der Waals surface area contributed by atoms with Gasteiger partial charge in [-0.05, 0) is 62.6 Å². The summed E-state index contributed by atoms with van der Waals surface area (Å²) in [7, 11) is 2.05. The van der Waals surface area contributed by atoms with E-state index in [1.807, 2.05) is 17.9 Å². The lowest BCUT2D eigenvalue weighted by atomic mass is 9.93. The molecule has 1 aromatic heterocycles. The van der Waals surface area contributed by atoms with Crippen LogP contribution in [0.1, 0.15) is 61.4 Å². The molecule has 1 N–H and O–H groups in total. The van der Waals surface area contributed by atoms with E-state index in [4.69, 9.17) is 4.74 Å². The van der Waals surface area contributed by atoms with E-state index in [0.717, 1.165) is 18.7 Å². The topological polar surface area (TPSA) is 39.1 Å². The monoisotopic (exact) mass is 325 g/mol. The largest absolute Gasteiger partial charge is 0.490 e. The van der Waals surface area contributed by atoms with Crippen LogP contribution in [0.15, 0.2) is 30.5 Å². The normalized spacial score (nSPS) is 21.0. The summed E-state index contributed by atoms with van der Waals surface area (Å²) < 4.78 is 8.15. The molecule has 1 fully saturated rings. The van der Waals surface area contributed by atoms with Gasteiger partial charge in [-0.3, -0.25) is 4.68 Å². The van der Waals surface area contributed by atoms with Gasteiger partial charge in [0.05, 0.1) is 12.3 Å². The molecule has 1 aromatic carbocycles. The molecule has 4 heteroatoms. The van der Waals surface area contributed by atoms with Gasteiger partial charge in [-0.1, -0.05) is 12.1 Å². The summed E-state index contributed by atoms with van der Waals surface area (Å²) in [5.74, 6) is 1.02. The zero-order valence-electron chi connectivity index (χ0n) is 14.5. The molecule has 0 spiro atoms. The second kappa shape index (κ2) is 6.98. The van der Waals surface area contributed by atoms with Gasteiger partial charge in [-0.25, -0.2) is 0 Å². The van der Waals surface area contributed by atoms with Crippen molar-refractivity contribution in [3.05, 3.63) is 47.3 Å². The third-order valence-electron chi connectivity index (χ3n) is 5.43. The first-order valence-corrected chi connectivity index (χ1v) is 9.29. The fraction of sp³-hybridized carbons (Fsp3) is 0.550. The molecule has 0 bridgehead atoms. The van der Waals surface area contributed by atoms with Crippen molar-refractivity contribution in [2.24, 2.45) is 7.05 Å². The van der Waals surface area contributed by atoms with Gasteiger partial charge in [0.25, 0.3) is 0 Å². The Morgan fingerprint density at radius 1 is 1.21 bits per heavy atom. The van der Waals surface area contributed by atoms with Crippen LogP contribution >= 0.6 is 0 Å². The van der Waals surface area contributed by atoms with Gasteiger partial charge >= 0.3 is 0 Å². The molecule has 1 heterocycles. The van der Waals surface area contributed by atoms with Crippen molar-refractivity contribution in [1.82, 2.24) is 15.1 Å². The summed E-state index contributed by atoms with van der Waals surface area (Å²) in [6.07, 6.45) is 11.0. The summed E-state index contributed by atoms with van der Waals surface area (Å²) in [5, 5.41) is 8.15. The SMILES string of the molecule is Cn1ncc2c1CCC[C@H]2NCc1cccc(OC2CCCC2)c1. The minimum atomic E-state index is 0.418. The zero-order chi connectivity index (χ0) is 16.4. The maximum atomic E-state index is 6.13. The third-order valence-corrected chi connectivity index (χ3v) is 5.43. The van der Waals surface area contributed by atoms with E-state index in [1.165, 1.54) is 55.3 Å². The number of aryl methyl sites for hydroxylation is 1. The van der Waals surface area contributed by atoms with E-state index in [9.17, 15) is 0 Å². The molecule has 0 amide bonds. The van der Waals surface area contributed by atoms with Gasteiger partial charge in [0, 0.05) is 30.9 Å². The molecule has 4 nitrogen and oxygen atoms in total. The Hall–Kier alpha value is -1.81. The molecule has 0 aliphatic heterocycles. The highest BCUT2D eigenvalue weighted by atomic mass is 16.5. The van der Waals surface area contributed by atoms with Crippen molar-refractivity contribution in [3.63, 3.8) is 0 Å². The first kappa shape index (κ1) is 15.7. The van der Waals surface area contributed by atoms with Gasteiger partial charge in [0.2, 0.25) is 0 Å². The number of hydrogen-bond donors (Lipinski definition) is 1. The molecule has 1 atom stereocenters. The highest BCUT2D eigenvalue weighted by Crippen LogP contribution is 2.30. The van der Waals surface area contributed by atoms with Crippen molar-refractivity contribution in [3.8, 4) is 5.75 Å². The fourth-order valence-electron chi connectivity index (χ4n) is 4.09. The number of fused-ring (bicyclic) bond motifs is 1. The second-order valence-electron chi connectivity index (χ2n) is 7.17. The minimum Gasteiger partial charge on any atom is -0.490 e. The molecular weight excluding hydrogens is 298 g/mol. The van der Waals surface area contributed by atoms with Crippen molar-refractivity contribution < 1.29 is 4.74 Å². The number of ether oxygens (including phenoxy) is 1. The van der Waals surface area contributed by atoms with Crippen LogP contribution in [0.4, 0.5) is 0 Å². The van der Waals surface area contributed by atoms with Crippen LogP contribution in [-0.4, -0.2) is 15.9 Å². The van der Waals surface area contributed by atoms with Crippen LogP contribution in [0.3, 0.4) is 0 Å². The summed E-state index contributed by atoms with van der Waals surface area (Å²) in [6.45, 7) is 0.876. The first-order chi connectivity index (χ1) is 11.8. The number of aromatic nitrogens is 2. The lowest BCUT2D eigenvalue weighted by Crippen LogP contribution is -2.25. The van der Waals surface area contributed by atoms with E-state index >= 15 is 0 Å². The third kappa shape index (κ3) is 3.34. The van der Waals surface area contributed by atoms with Gasteiger partial charge in [0.15, 0.2) is 0 Å². The summed E-state index contributed by atoms with van der Waals surface area (Å²) in [6, 6.07) is 8.99. The van der Waals surface area contributed by atoms with Crippen molar-refractivity contribution >= 4 is 0 Å². The van der Waals surface area contributed by atoms with Crippen LogP contribution in [-0.2, 0) is 20.0 Å². The predicted octanol–water partition coefficient (Wildman–Crippen LogP) is 3.91. The Bertz CT molecular complexity index is 688. The maximum absolute atomic E-state index is 6.13. The Labute approximate surface area is 144 Å². The number of benzene rings is 1. The second-order valence-corrected chi connectivity index (χ2v) is 7.17. The molecule has 0 unspecified atom stereocenters. The summed E-state index contributed by atoms with van der Waals surface area (Å²) >= 11 is 0. The molecule has 0 radical (unpaired) electrons. The molecule has 2 aliphatic rings. The molecule has 4 rings (SSSR count). The zero-order valence-corrected chi connectivity index (χ0v) is 14.5. The molecule has 128 valence electrons. The van der Waals surface area contributed by atoms with Crippen LogP contribution in [0.25, 0.3) is 0 Å². The summed E-state index contributed by atoms with van der Waals surface area (Å²) in [5.41, 5.74) is 4.06. The van der Waals surface area contributed by atoms with Gasteiger partial charge < -0.3 is 10.1 Å². The van der Waals surface area contributed by atoms with Crippen LogP contribution in [0.2, 0.25) is 0 Å². The molecular formula is C20H27N3O. The number of hydrogen-bond acceptors (Lipinski definition) is 3. The Morgan fingerprint density at radius 3 is 2.96 bits per heavy atom. The quantitative estimate of drug-likeness (QED) is 0.906. The van der Waals surface area contributed by atoms with Gasteiger partial charge in [-0.2, -0.15) is 5.10 Å². The van der Waals surface area contributed by atoms with E-state index in [2.05, 4.69) is 34.7 Å². The lowest BCUT2D eigenvalue weighted by Gasteiger charge is -2.24. The number of rotatable bonds is 5. The smallest absolute Gasteiger partial charge is 0.120 e. The van der Waals surface area contributed by atoms with Crippen molar-refractivity contribution in [1.29, 1.82) is 0 Å². The van der Waals surface area contributed by atoms with Crippen LogP contribution in [0, 0.1) is 0 Å². The minimum absolute atomic E-state index is 0.418. The fourth-order valence-corrected chi connectivity index (χ4v) is 4.09. The van der Waals surface area contributed by atoms with Gasteiger partial charge in [0.1, 0.15) is 5.75 Å². The standard InChI is InChI=1S/C20H27N3O/c1-23-20-11-5-10-19(18(20)14-22-23)21-13-15-6-4-9-17(12-15)24-16-7-2-3-8-16/h4,6,9,12,14,16,19,21H,2-3,5,7-8,10-11,13H2,1H3/t19-/m1/s1. The Balaban J connectivity index is 1.39. The average molecular weight is 325 g/mol. The van der Waals surface area contributed by atoms with Crippen LogP contribution in [0.5, 0.6) is 5.75 Å². The highest BCUT2D eigenvalue weighted by molar-refractivity contribution is 5.29. The molecule has 2 aromatic rings. The lowest BCUT2D eigenvalue weighted by molar-refractivity contribution is 0.210. The predicted molar refractivity (Wildman–Crippen MR) is 95.1 cm³/mol. The Morgan fingerprint density at radius 2 is 2.08 bits per heavy atom. The highest BCUT2D eigenvalue weighted by Gasteiger charge is 2.23. The molecule has 1 saturated carbocycles. The Kier molecular flexibility index (Phi) is 4.56. The van der Waals surface area contributed by atoms with E-state index in [0.29, 0.717) is 12.1 Å². The van der Waals surface area contributed by atoms with E-state index in [-0.39, 0.29) is 0 Å². The maximum Gasteiger partial charge on any atom is 0.120 e. The van der Waals surface area contributed by atoms with Crippen molar-refractivity contribution in [2.75, 3.05) is 0 Å². The van der Waals surface area contributed by atoms with E-state index in [1.54, 1.807) is 0 Å². The van der Waals surface area contributed by atoms with E-state index < -0.39 is 0 Å². The van der Waals surface area contributed by atoms with Gasteiger partial charge in [-0.15, -0.1) is 0 Å². The first-order valence-electron chi connectivity index (χ1n) is 9.29. The molecule has 24 heavy (non-hydrogen) atoms. The molecule has 0 saturated heterocycles. The number of nitrogens with zero attached hydrogens (tertiary/aromatic N) is 2. The molecule has 2 aliphatic carbocycles. The number of nitrogens with one attached hydrogen (secondary N) is 1. The summed E-state index contributed by atoms with van der Waals surface area (Å²) in [4.78, 5) is 0.